The third kappa shape index (κ3) is 1.20. The summed E-state index contributed by atoms with van der Waals surface area (Å²) in [6, 6.07) is 2.89. The second kappa shape index (κ2) is 2.67. The van der Waals surface area contributed by atoms with Gasteiger partial charge < -0.3 is 10.8 Å². The summed E-state index contributed by atoms with van der Waals surface area (Å²) in [7, 11) is 0. The van der Waals surface area contributed by atoms with Gasteiger partial charge in [0.25, 0.3) is 0 Å². The topological polar surface area (TPSA) is 89.1 Å². The number of fused-ring (bicyclic) bond motifs is 1. The van der Waals surface area contributed by atoms with Crippen LogP contribution in [0.25, 0.3) is 10.2 Å². The SMILES string of the molecule is Nc1cc(C(=O)O)cc2snnc12. The van der Waals surface area contributed by atoms with Gasteiger partial charge in [-0.25, -0.2) is 4.79 Å². The van der Waals surface area contributed by atoms with Crippen molar-refractivity contribution in [2.24, 2.45) is 0 Å². The second-order valence-corrected chi connectivity index (χ2v) is 3.28. The van der Waals surface area contributed by atoms with Crippen LogP contribution >= 0.6 is 11.5 Å². The number of aromatic nitrogens is 2. The Bertz CT molecular complexity index is 480. The molecule has 0 aliphatic heterocycles. The number of nitrogens with zero attached hydrogens (tertiary/aromatic N) is 2. The lowest BCUT2D eigenvalue weighted by Crippen LogP contribution is -1.97. The average molecular weight is 195 g/mol. The van der Waals surface area contributed by atoms with Crippen LogP contribution in [-0.4, -0.2) is 20.7 Å². The molecule has 0 atom stereocenters. The minimum Gasteiger partial charge on any atom is -0.478 e. The molecule has 0 saturated heterocycles. The van der Waals surface area contributed by atoms with Gasteiger partial charge in [-0.15, -0.1) is 5.10 Å². The zero-order valence-electron chi connectivity index (χ0n) is 6.39. The maximum Gasteiger partial charge on any atom is 0.335 e. The second-order valence-electron chi connectivity index (χ2n) is 2.49. The lowest BCUT2D eigenvalue weighted by atomic mass is 10.2. The van der Waals surface area contributed by atoms with E-state index in [1.807, 2.05) is 0 Å². The molecule has 5 nitrogen and oxygen atoms in total. The summed E-state index contributed by atoms with van der Waals surface area (Å²) in [5, 5.41) is 12.5. The largest absolute Gasteiger partial charge is 0.478 e. The molecule has 0 fully saturated rings. The van der Waals surface area contributed by atoms with Crippen molar-refractivity contribution < 1.29 is 9.90 Å². The molecule has 0 unspecified atom stereocenters. The third-order valence-electron chi connectivity index (χ3n) is 1.63. The summed E-state index contributed by atoms with van der Waals surface area (Å²) >= 11 is 1.13. The first kappa shape index (κ1) is 7.93. The zero-order valence-corrected chi connectivity index (χ0v) is 7.21. The molecule has 13 heavy (non-hydrogen) atoms. The number of nitrogens with two attached hydrogens (primary N) is 1. The molecule has 0 amide bonds. The summed E-state index contributed by atoms with van der Waals surface area (Å²) in [4.78, 5) is 10.6. The average Bonchev–Trinajstić information content (AvgIpc) is 2.51. The molecule has 0 saturated carbocycles. The van der Waals surface area contributed by atoms with Gasteiger partial charge in [0.1, 0.15) is 5.52 Å². The van der Waals surface area contributed by atoms with Crippen LogP contribution in [0.5, 0.6) is 0 Å². The molecule has 3 N–H and O–H groups in total. The highest BCUT2D eigenvalue weighted by Crippen LogP contribution is 2.23. The number of carboxylic acids is 1. The summed E-state index contributed by atoms with van der Waals surface area (Å²) in [5.74, 6) is -0.998. The normalized spacial score (nSPS) is 10.5. The third-order valence-corrected chi connectivity index (χ3v) is 2.30. The van der Waals surface area contributed by atoms with Gasteiger partial charge in [0.2, 0.25) is 0 Å². The van der Waals surface area contributed by atoms with Crippen molar-refractivity contribution in [1.29, 1.82) is 0 Å². The molecule has 2 aromatic rings. The Morgan fingerprint density at radius 3 is 3.00 bits per heavy atom. The molecular weight excluding hydrogens is 190 g/mol. The number of anilines is 1. The number of nitrogen functional groups attached to an aromatic ring is 1. The van der Waals surface area contributed by atoms with Crippen molar-refractivity contribution in [3.63, 3.8) is 0 Å². The van der Waals surface area contributed by atoms with Crippen molar-refractivity contribution in [1.82, 2.24) is 9.59 Å². The highest BCUT2D eigenvalue weighted by molar-refractivity contribution is 7.13. The van der Waals surface area contributed by atoms with Crippen LogP contribution < -0.4 is 5.73 Å². The Morgan fingerprint density at radius 2 is 2.31 bits per heavy atom. The molecule has 0 aliphatic carbocycles. The van der Waals surface area contributed by atoms with Crippen molar-refractivity contribution >= 4 is 33.4 Å². The molecule has 1 aromatic carbocycles. The van der Waals surface area contributed by atoms with Crippen LogP contribution in [0.4, 0.5) is 5.69 Å². The molecule has 1 aromatic heterocycles. The van der Waals surface area contributed by atoms with E-state index in [-0.39, 0.29) is 5.56 Å². The Balaban J connectivity index is 2.77. The summed E-state index contributed by atoms with van der Waals surface area (Å²) in [5.41, 5.74) is 6.66. The van der Waals surface area contributed by atoms with Crippen LogP contribution in [0.15, 0.2) is 12.1 Å². The van der Waals surface area contributed by atoms with Gasteiger partial charge >= 0.3 is 5.97 Å². The first-order chi connectivity index (χ1) is 6.18. The van der Waals surface area contributed by atoms with E-state index in [4.69, 9.17) is 10.8 Å². The Morgan fingerprint density at radius 1 is 1.54 bits per heavy atom. The van der Waals surface area contributed by atoms with Gasteiger partial charge in [-0.05, 0) is 23.7 Å². The fourth-order valence-electron chi connectivity index (χ4n) is 1.03. The maximum atomic E-state index is 10.6. The summed E-state index contributed by atoms with van der Waals surface area (Å²) in [6.07, 6.45) is 0. The molecule has 2 rings (SSSR count). The van der Waals surface area contributed by atoms with Crippen molar-refractivity contribution in [2.45, 2.75) is 0 Å². The quantitative estimate of drug-likeness (QED) is 0.662. The number of benzene rings is 1. The number of aromatic carboxylic acids is 1. The molecule has 0 aliphatic rings. The Hall–Kier alpha value is -1.69. The molecular formula is C7H5N3O2S. The minimum atomic E-state index is -0.998. The Kier molecular flexibility index (Phi) is 1.63. The lowest BCUT2D eigenvalue weighted by molar-refractivity contribution is 0.0697. The highest BCUT2D eigenvalue weighted by Gasteiger charge is 2.09. The monoisotopic (exact) mass is 195 g/mol. The van der Waals surface area contributed by atoms with Crippen LogP contribution in [0.2, 0.25) is 0 Å². The zero-order chi connectivity index (χ0) is 9.42. The van der Waals surface area contributed by atoms with Gasteiger partial charge in [0, 0.05) is 0 Å². The van der Waals surface area contributed by atoms with Gasteiger partial charge in [-0.1, -0.05) is 4.49 Å². The van der Waals surface area contributed by atoms with E-state index in [0.29, 0.717) is 15.9 Å². The number of rotatable bonds is 1. The first-order valence-electron chi connectivity index (χ1n) is 3.43. The predicted molar refractivity (Wildman–Crippen MR) is 48.8 cm³/mol. The van der Waals surface area contributed by atoms with E-state index in [1.165, 1.54) is 12.1 Å². The number of carboxylic acid groups (broad SMARTS) is 1. The van der Waals surface area contributed by atoms with Crippen molar-refractivity contribution in [3.8, 4) is 0 Å². The van der Waals surface area contributed by atoms with Crippen LogP contribution in [0, 0.1) is 0 Å². The fourth-order valence-corrected chi connectivity index (χ4v) is 1.67. The molecule has 1 heterocycles. The van der Waals surface area contributed by atoms with Gasteiger partial charge in [0.05, 0.1) is 16.0 Å². The molecule has 0 spiro atoms. The van der Waals surface area contributed by atoms with E-state index in [2.05, 4.69) is 9.59 Å². The molecule has 0 bridgehead atoms. The Labute approximate surface area is 77.0 Å². The molecule has 6 heteroatoms. The standard InChI is InChI=1S/C7H5N3O2S/c8-4-1-3(7(11)12)2-5-6(4)9-10-13-5/h1-2H,8H2,(H,11,12). The van der Waals surface area contributed by atoms with Crippen molar-refractivity contribution in [2.75, 3.05) is 5.73 Å². The highest BCUT2D eigenvalue weighted by atomic mass is 32.1. The lowest BCUT2D eigenvalue weighted by Gasteiger charge is -1.96. The number of carbonyl (C=O) groups is 1. The van der Waals surface area contributed by atoms with Crippen LogP contribution in [0.3, 0.4) is 0 Å². The molecule has 66 valence electrons. The van der Waals surface area contributed by atoms with E-state index in [1.54, 1.807) is 0 Å². The smallest absolute Gasteiger partial charge is 0.335 e. The maximum absolute atomic E-state index is 10.6. The van der Waals surface area contributed by atoms with Crippen LogP contribution in [0.1, 0.15) is 10.4 Å². The number of hydrogen-bond acceptors (Lipinski definition) is 5. The number of hydrogen-bond donors (Lipinski definition) is 2. The summed E-state index contributed by atoms with van der Waals surface area (Å²) in [6.45, 7) is 0. The van der Waals surface area contributed by atoms with Gasteiger partial charge in [-0.3, -0.25) is 0 Å². The minimum absolute atomic E-state index is 0.163. The van der Waals surface area contributed by atoms with E-state index < -0.39 is 5.97 Å². The van der Waals surface area contributed by atoms with Crippen molar-refractivity contribution in [3.05, 3.63) is 17.7 Å². The van der Waals surface area contributed by atoms with Crippen LogP contribution in [-0.2, 0) is 0 Å². The summed E-state index contributed by atoms with van der Waals surface area (Å²) < 4.78 is 4.37. The first-order valence-corrected chi connectivity index (χ1v) is 4.20. The van der Waals surface area contributed by atoms with E-state index in [9.17, 15) is 4.79 Å². The van der Waals surface area contributed by atoms with Gasteiger partial charge in [0.15, 0.2) is 0 Å². The van der Waals surface area contributed by atoms with E-state index in [0.717, 1.165) is 11.5 Å². The van der Waals surface area contributed by atoms with E-state index >= 15 is 0 Å². The predicted octanol–water partition coefficient (Wildman–Crippen LogP) is 0.972. The molecule has 0 radical (unpaired) electrons. The van der Waals surface area contributed by atoms with Gasteiger partial charge in [-0.2, -0.15) is 0 Å². The fraction of sp³-hybridized carbons (Fsp3) is 0.